The van der Waals surface area contributed by atoms with Gasteiger partial charge in [-0.15, -0.1) is 0 Å². The van der Waals surface area contributed by atoms with E-state index in [0.717, 1.165) is 22.3 Å². The van der Waals surface area contributed by atoms with Crippen LogP contribution in [0.1, 0.15) is 35.2 Å². The van der Waals surface area contributed by atoms with Crippen LogP contribution in [-0.4, -0.2) is 34.1 Å². The third-order valence-electron chi connectivity index (χ3n) is 5.96. The Hall–Kier alpha value is -3.52. The fourth-order valence-electron chi connectivity index (χ4n) is 4.05. The molecule has 3 aromatic rings. The highest BCUT2D eigenvalue weighted by molar-refractivity contribution is 7.92. The lowest BCUT2D eigenvalue weighted by atomic mass is 10.1. The van der Waals surface area contributed by atoms with Crippen molar-refractivity contribution in [2.75, 3.05) is 24.1 Å². The topological polar surface area (TPSA) is 84.9 Å². The Morgan fingerprint density at radius 1 is 0.914 bits per heavy atom. The second kappa shape index (κ2) is 10.00. The summed E-state index contributed by atoms with van der Waals surface area (Å²) in [6.07, 6.45) is 0. The molecule has 4 rings (SSSR count). The van der Waals surface area contributed by atoms with Crippen LogP contribution in [0.2, 0.25) is 0 Å². The molecule has 1 atom stereocenters. The number of anilines is 1. The first kappa shape index (κ1) is 24.6. The van der Waals surface area contributed by atoms with Gasteiger partial charge in [-0.3, -0.25) is 9.10 Å². The molecule has 35 heavy (non-hydrogen) atoms. The highest BCUT2D eigenvalue weighted by atomic mass is 32.2. The minimum absolute atomic E-state index is 0.135. The standard InChI is InChI=1S/C27H30N2O5S/c1-18-5-9-23(10-6-18)35(31,32)29(24-11-7-19(2)15-20(24)3)17-27(30)28-21(4)22-8-12-25-26(16-22)34-14-13-33-25/h5-12,15-16,21H,13-14,17H2,1-4H3,(H,28,30)/t21-/m0/s1. The molecule has 0 unspecified atom stereocenters. The zero-order valence-electron chi connectivity index (χ0n) is 20.4. The summed E-state index contributed by atoms with van der Waals surface area (Å²) in [7, 11) is -3.98. The lowest BCUT2D eigenvalue weighted by molar-refractivity contribution is -0.120. The molecule has 1 heterocycles. The number of ether oxygens (including phenoxy) is 2. The number of nitrogens with one attached hydrogen (secondary N) is 1. The summed E-state index contributed by atoms with van der Waals surface area (Å²) in [5.41, 5.74) is 4.04. The van der Waals surface area contributed by atoms with E-state index in [1.54, 1.807) is 30.3 Å². The first-order valence-corrected chi connectivity index (χ1v) is 12.9. The average molecular weight is 495 g/mol. The molecule has 8 heteroatoms. The maximum atomic E-state index is 13.6. The summed E-state index contributed by atoms with van der Waals surface area (Å²) >= 11 is 0. The van der Waals surface area contributed by atoms with Gasteiger partial charge in [0.15, 0.2) is 11.5 Å². The third-order valence-corrected chi connectivity index (χ3v) is 7.73. The van der Waals surface area contributed by atoms with E-state index in [9.17, 15) is 13.2 Å². The molecule has 0 aliphatic carbocycles. The fourth-order valence-corrected chi connectivity index (χ4v) is 5.54. The number of hydrogen-bond acceptors (Lipinski definition) is 5. The molecule has 0 spiro atoms. The highest BCUT2D eigenvalue weighted by Crippen LogP contribution is 2.33. The molecule has 0 saturated heterocycles. The molecule has 0 aromatic heterocycles. The molecule has 184 valence electrons. The van der Waals surface area contributed by atoms with Crippen molar-refractivity contribution >= 4 is 21.6 Å². The van der Waals surface area contributed by atoms with Gasteiger partial charge >= 0.3 is 0 Å². The van der Waals surface area contributed by atoms with Crippen molar-refractivity contribution < 1.29 is 22.7 Å². The van der Waals surface area contributed by atoms with Crippen molar-refractivity contribution in [1.29, 1.82) is 0 Å². The Kier molecular flexibility index (Phi) is 7.03. The van der Waals surface area contributed by atoms with Crippen molar-refractivity contribution in [3.8, 4) is 11.5 Å². The minimum atomic E-state index is -3.98. The Morgan fingerprint density at radius 2 is 1.57 bits per heavy atom. The number of carbonyl (C=O) groups excluding carboxylic acids is 1. The van der Waals surface area contributed by atoms with E-state index in [1.807, 2.05) is 58.0 Å². The SMILES string of the molecule is Cc1ccc(S(=O)(=O)N(CC(=O)N[C@@H](C)c2ccc3c(c2)OCCO3)c2ccc(C)cc2C)cc1. The van der Waals surface area contributed by atoms with Gasteiger partial charge in [-0.1, -0.05) is 41.5 Å². The average Bonchev–Trinajstić information content (AvgIpc) is 2.83. The molecule has 0 radical (unpaired) electrons. The van der Waals surface area contributed by atoms with Gasteiger partial charge in [-0.05, 0) is 69.2 Å². The lowest BCUT2D eigenvalue weighted by Crippen LogP contribution is -2.42. The monoisotopic (exact) mass is 494 g/mol. The number of aryl methyl sites for hydroxylation is 3. The molecule has 3 aromatic carbocycles. The number of rotatable bonds is 7. The number of nitrogens with zero attached hydrogens (tertiary/aromatic N) is 1. The Morgan fingerprint density at radius 3 is 2.26 bits per heavy atom. The van der Waals surface area contributed by atoms with E-state index in [-0.39, 0.29) is 17.5 Å². The normalized spacial score (nSPS) is 13.7. The van der Waals surface area contributed by atoms with E-state index in [2.05, 4.69) is 5.32 Å². The van der Waals surface area contributed by atoms with Crippen LogP contribution in [-0.2, 0) is 14.8 Å². The molecule has 0 bridgehead atoms. The predicted molar refractivity (Wildman–Crippen MR) is 136 cm³/mol. The van der Waals surface area contributed by atoms with Gasteiger partial charge in [-0.25, -0.2) is 8.42 Å². The Bertz CT molecular complexity index is 1340. The Balaban J connectivity index is 1.60. The summed E-state index contributed by atoms with van der Waals surface area (Å²) < 4.78 is 39.7. The zero-order chi connectivity index (χ0) is 25.2. The summed E-state index contributed by atoms with van der Waals surface area (Å²) in [6.45, 7) is 8.15. The van der Waals surface area contributed by atoms with Crippen molar-refractivity contribution in [2.45, 2.75) is 38.6 Å². The first-order valence-electron chi connectivity index (χ1n) is 11.5. The maximum absolute atomic E-state index is 13.6. The quantitative estimate of drug-likeness (QED) is 0.524. The molecule has 1 N–H and O–H groups in total. The van der Waals surface area contributed by atoms with Crippen LogP contribution in [0.25, 0.3) is 0 Å². The van der Waals surface area contributed by atoms with Crippen LogP contribution in [0.15, 0.2) is 65.6 Å². The number of hydrogen-bond donors (Lipinski definition) is 1. The van der Waals surface area contributed by atoms with Crippen molar-refractivity contribution in [3.63, 3.8) is 0 Å². The van der Waals surface area contributed by atoms with E-state index >= 15 is 0 Å². The number of amides is 1. The summed E-state index contributed by atoms with van der Waals surface area (Å²) in [4.78, 5) is 13.3. The minimum Gasteiger partial charge on any atom is -0.486 e. The smallest absolute Gasteiger partial charge is 0.264 e. The van der Waals surface area contributed by atoms with Gasteiger partial charge in [0.2, 0.25) is 5.91 Å². The molecular weight excluding hydrogens is 464 g/mol. The number of sulfonamides is 1. The second-order valence-corrected chi connectivity index (χ2v) is 10.7. The fraction of sp³-hybridized carbons (Fsp3) is 0.296. The van der Waals surface area contributed by atoms with Gasteiger partial charge in [0.25, 0.3) is 10.0 Å². The van der Waals surface area contributed by atoms with Gasteiger partial charge in [-0.2, -0.15) is 0 Å². The largest absolute Gasteiger partial charge is 0.486 e. The van der Waals surface area contributed by atoms with Gasteiger partial charge in [0.05, 0.1) is 16.6 Å². The predicted octanol–water partition coefficient (Wildman–Crippen LogP) is 4.46. The van der Waals surface area contributed by atoms with E-state index < -0.39 is 15.9 Å². The summed E-state index contributed by atoms with van der Waals surface area (Å²) in [5.74, 6) is 0.889. The van der Waals surface area contributed by atoms with Crippen LogP contribution < -0.4 is 19.1 Å². The molecule has 7 nitrogen and oxygen atoms in total. The van der Waals surface area contributed by atoms with Crippen LogP contribution in [0.5, 0.6) is 11.5 Å². The van der Waals surface area contributed by atoms with E-state index in [1.165, 1.54) is 4.31 Å². The summed E-state index contributed by atoms with van der Waals surface area (Å²) in [5, 5.41) is 2.93. The van der Waals surface area contributed by atoms with Crippen LogP contribution >= 0.6 is 0 Å². The maximum Gasteiger partial charge on any atom is 0.264 e. The molecule has 1 amide bonds. The van der Waals surface area contributed by atoms with Crippen LogP contribution in [0, 0.1) is 20.8 Å². The van der Waals surface area contributed by atoms with Crippen molar-refractivity contribution in [2.24, 2.45) is 0 Å². The third kappa shape index (κ3) is 5.43. The Labute approximate surface area is 206 Å². The zero-order valence-corrected chi connectivity index (χ0v) is 21.2. The van der Waals surface area contributed by atoms with Gasteiger partial charge < -0.3 is 14.8 Å². The van der Waals surface area contributed by atoms with Crippen molar-refractivity contribution in [3.05, 3.63) is 82.9 Å². The van der Waals surface area contributed by atoms with Crippen LogP contribution in [0.3, 0.4) is 0 Å². The second-order valence-electron chi connectivity index (χ2n) is 8.81. The molecule has 1 aliphatic rings. The van der Waals surface area contributed by atoms with E-state index in [4.69, 9.17) is 9.47 Å². The number of carbonyl (C=O) groups is 1. The molecule has 1 aliphatic heterocycles. The van der Waals surface area contributed by atoms with E-state index in [0.29, 0.717) is 30.4 Å². The number of benzene rings is 3. The summed E-state index contributed by atoms with van der Waals surface area (Å²) in [6, 6.07) is 17.3. The number of fused-ring (bicyclic) bond motifs is 1. The van der Waals surface area contributed by atoms with Gasteiger partial charge in [0, 0.05) is 0 Å². The highest BCUT2D eigenvalue weighted by Gasteiger charge is 2.29. The molecular formula is C27H30N2O5S. The van der Waals surface area contributed by atoms with Crippen LogP contribution in [0.4, 0.5) is 5.69 Å². The van der Waals surface area contributed by atoms with Gasteiger partial charge in [0.1, 0.15) is 19.8 Å². The lowest BCUT2D eigenvalue weighted by Gasteiger charge is -2.27. The van der Waals surface area contributed by atoms with Crippen molar-refractivity contribution in [1.82, 2.24) is 5.32 Å². The molecule has 0 saturated carbocycles. The molecule has 0 fully saturated rings. The first-order chi connectivity index (χ1) is 16.6.